The molecule has 6 nitrogen and oxygen atoms in total. The van der Waals surface area contributed by atoms with Crippen molar-refractivity contribution >= 4 is 29.2 Å². The van der Waals surface area contributed by atoms with Crippen molar-refractivity contribution in [2.75, 3.05) is 16.8 Å². The van der Waals surface area contributed by atoms with Crippen LogP contribution >= 0.6 is 0 Å². The van der Waals surface area contributed by atoms with Crippen molar-refractivity contribution in [1.29, 1.82) is 0 Å². The number of para-hydroxylation sites is 1. The molecule has 0 spiro atoms. The van der Waals surface area contributed by atoms with Crippen LogP contribution in [0.4, 0.5) is 15.8 Å². The summed E-state index contributed by atoms with van der Waals surface area (Å²) in [5, 5.41) is 11.5. The van der Waals surface area contributed by atoms with Gasteiger partial charge in [0.05, 0.1) is 11.6 Å². The standard InChI is InChI=1S/C20H19FN2O4/c21-16-6-1-2-7-17(16)23-12-14(11-18(23)24)20(27)22-15-5-3-4-13(10-15)8-9-19(25)26/h1-7,10,14H,8-9,11-12H2,(H,22,27)(H,25,26). The first-order valence-corrected chi connectivity index (χ1v) is 8.60. The summed E-state index contributed by atoms with van der Waals surface area (Å²) in [6.45, 7) is 0.115. The summed E-state index contributed by atoms with van der Waals surface area (Å²) >= 11 is 0. The van der Waals surface area contributed by atoms with E-state index in [0.717, 1.165) is 5.56 Å². The number of carboxylic acid groups (broad SMARTS) is 1. The molecule has 2 aromatic rings. The molecule has 1 unspecified atom stereocenters. The largest absolute Gasteiger partial charge is 0.481 e. The number of carboxylic acids is 1. The molecule has 0 radical (unpaired) electrons. The molecule has 1 saturated heterocycles. The predicted molar refractivity (Wildman–Crippen MR) is 97.9 cm³/mol. The summed E-state index contributed by atoms with van der Waals surface area (Å²) in [4.78, 5) is 36.7. The van der Waals surface area contributed by atoms with Crippen molar-refractivity contribution in [3.8, 4) is 0 Å². The van der Waals surface area contributed by atoms with Crippen molar-refractivity contribution in [1.82, 2.24) is 0 Å². The molecule has 1 aliphatic rings. The molecule has 1 fully saturated rings. The van der Waals surface area contributed by atoms with Gasteiger partial charge in [-0.15, -0.1) is 0 Å². The van der Waals surface area contributed by atoms with E-state index in [1.54, 1.807) is 36.4 Å². The number of aliphatic carboxylic acids is 1. The maximum Gasteiger partial charge on any atom is 0.303 e. The van der Waals surface area contributed by atoms with Gasteiger partial charge in [0.2, 0.25) is 11.8 Å². The number of halogens is 1. The van der Waals surface area contributed by atoms with E-state index >= 15 is 0 Å². The minimum atomic E-state index is -0.887. The lowest BCUT2D eigenvalue weighted by Crippen LogP contribution is -2.28. The molecule has 0 aromatic heterocycles. The van der Waals surface area contributed by atoms with E-state index in [4.69, 9.17) is 5.11 Å². The molecule has 2 amide bonds. The average Bonchev–Trinajstić information content (AvgIpc) is 3.02. The third kappa shape index (κ3) is 4.49. The van der Waals surface area contributed by atoms with Crippen molar-refractivity contribution in [3.63, 3.8) is 0 Å². The highest BCUT2D eigenvalue weighted by atomic mass is 19.1. The average molecular weight is 370 g/mol. The van der Waals surface area contributed by atoms with Gasteiger partial charge in [0.1, 0.15) is 5.82 Å². The van der Waals surface area contributed by atoms with E-state index in [0.29, 0.717) is 12.1 Å². The van der Waals surface area contributed by atoms with Crippen LogP contribution in [0.3, 0.4) is 0 Å². The van der Waals surface area contributed by atoms with Gasteiger partial charge in [0.15, 0.2) is 0 Å². The number of nitrogens with one attached hydrogen (secondary N) is 1. The second kappa shape index (κ2) is 7.99. The van der Waals surface area contributed by atoms with E-state index in [2.05, 4.69) is 5.32 Å². The zero-order valence-electron chi connectivity index (χ0n) is 14.5. The molecule has 2 aromatic carbocycles. The monoisotopic (exact) mass is 370 g/mol. The van der Waals surface area contributed by atoms with Gasteiger partial charge < -0.3 is 15.3 Å². The molecule has 0 saturated carbocycles. The highest BCUT2D eigenvalue weighted by Crippen LogP contribution is 2.28. The lowest BCUT2D eigenvalue weighted by Gasteiger charge is -2.17. The summed E-state index contributed by atoms with van der Waals surface area (Å²) in [5.74, 6) is -2.59. The highest BCUT2D eigenvalue weighted by molar-refractivity contribution is 6.03. The molecule has 0 aliphatic carbocycles. The Balaban J connectivity index is 1.65. The number of anilines is 2. The number of amides is 2. The van der Waals surface area contributed by atoms with Crippen LogP contribution in [0.5, 0.6) is 0 Å². The lowest BCUT2D eigenvalue weighted by atomic mass is 10.1. The van der Waals surface area contributed by atoms with E-state index in [-0.39, 0.29) is 36.9 Å². The molecular formula is C20H19FN2O4. The molecule has 140 valence electrons. The van der Waals surface area contributed by atoms with Crippen LogP contribution in [0.25, 0.3) is 0 Å². The zero-order valence-corrected chi connectivity index (χ0v) is 14.5. The maximum absolute atomic E-state index is 13.9. The Morgan fingerprint density at radius 2 is 1.96 bits per heavy atom. The van der Waals surface area contributed by atoms with Crippen LogP contribution in [-0.2, 0) is 20.8 Å². The highest BCUT2D eigenvalue weighted by Gasteiger charge is 2.36. The number of hydrogen-bond acceptors (Lipinski definition) is 3. The fourth-order valence-electron chi connectivity index (χ4n) is 3.09. The summed E-state index contributed by atoms with van der Waals surface area (Å²) in [6, 6.07) is 12.9. The number of aryl methyl sites for hydroxylation is 1. The minimum absolute atomic E-state index is 0.00608. The quantitative estimate of drug-likeness (QED) is 0.819. The molecule has 27 heavy (non-hydrogen) atoms. The molecular weight excluding hydrogens is 351 g/mol. The fourth-order valence-corrected chi connectivity index (χ4v) is 3.09. The number of carbonyl (C=O) groups excluding carboxylic acids is 2. The third-order valence-electron chi connectivity index (χ3n) is 4.46. The summed E-state index contributed by atoms with van der Waals surface area (Å²) in [7, 11) is 0. The molecule has 2 N–H and O–H groups in total. The van der Waals surface area contributed by atoms with E-state index < -0.39 is 17.7 Å². The van der Waals surface area contributed by atoms with Gasteiger partial charge in [0, 0.05) is 25.1 Å². The Morgan fingerprint density at radius 1 is 1.19 bits per heavy atom. The molecule has 3 rings (SSSR count). The smallest absolute Gasteiger partial charge is 0.303 e. The molecule has 0 bridgehead atoms. The number of hydrogen-bond donors (Lipinski definition) is 2. The number of carbonyl (C=O) groups is 3. The van der Waals surface area contributed by atoms with Crippen LogP contribution < -0.4 is 10.2 Å². The molecule has 1 heterocycles. The predicted octanol–water partition coefficient (Wildman–Crippen LogP) is 2.83. The molecule has 1 atom stereocenters. The van der Waals surface area contributed by atoms with Crippen LogP contribution in [0, 0.1) is 11.7 Å². The number of benzene rings is 2. The first-order valence-electron chi connectivity index (χ1n) is 8.60. The summed E-state index contributed by atoms with van der Waals surface area (Å²) in [6.07, 6.45) is 0.382. The van der Waals surface area contributed by atoms with Gasteiger partial charge in [-0.2, -0.15) is 0 Å². The van der Waals surface area contributed by atoms with Gasteiger partial charge in [-0.05, 0) is 36.2 Å². The van der Waals surface area contributed by atoms with Crippen LogP contribution in [0.2, 0.25) is 0 Å². The first kappa shape index (κ1) is 18.6. The Hall–Kier alpha value is -3.22. The summed E-state index contributed by atoms with van der Waals surface area (Å²) < 4.78 is 13.9. The Bertz CT molecular complexity index is 884. The van der Waals surface area contributed by atoms with Crippen LogP contribution in [0.15, 0.2) is 48.5 Å². The number of rotatable bonds is 6. The van der Waals surface area contributed by atoms with Crippen molar-refractivity contribution in [3.05, 3.63) is 59.9 Å². The van der Waals surface area contributed by atoms with Crippen molar-refractivity contribution < 1.29 is 23.9 Å². The fraction of sp³-hybridized carbons (Fsp3) is 0.250. The van der Waals surface area contributed by atoms with E-state index in [1.807, 2.05) is 0 Å². The van der Waals surface area contributed by atoms with Gasteiger partial charge >= 0.3 is 5.97 Å². The number of nitrogens with zero attached hydrogens (tertiary/aromatic N) is 1. The zero-order chi connectivity index (χ0) is 19.4. The Kier molecular flexibility index (Phi) is 5.49. The molecule has 1 aliphatic heterocycles. The molecule has 7 heteroatoms. The normalized spacial score (nSPS) is 16.4. The van der Waals surface area contributed by atoms with Gasteiger partial charge in [-0.3, -0.25) is 14.4 Å². The van der Waals surface area contributed by atoms with Gasteiger partial charge in [-0.1, -0.05) is 24.3 Å². The van der Waals surface area contributed by atoms with Gasteiger partial charge in [0.25, 0.3) is 0 Å². The Labute approximate surface area is 155 Å². The second-order valence-electron chi connectivity index (χ2n) is 6.44. The topological polar surface area (TPSA) is 86.7 Å². The minimum Gasteiger partial charge on any atom is -0.481 e. The van der Waals surface area contributed by atoms with Crippen molar-refractivity contribution in [2.24, 2.45) is 5.92 Å². The van der Waals surface area contributed by atoms with Crippen molar-refractivity contribution in [2.45, 2.75) is 19.3 Å². The Morgan fingerprint density at radius 3 is 2.70 bits per heavy atom. The SMILES string of the molecule is O=C(O)CCc1cccc(NC(=O)C2CC(=O)N(c3ccccc3F)C2)c1. The van der Waals surface area contributed by atoms with Gasteiger partial charge in [-0.25, -0.2) is 4.39 Å². The van der Waals surface area contributed by atoms with Crippen LogP contribution in [0.1, 0.15) is 18.4 Å². The first-order chi connectivity index (χ1) is 12.9. The second-order valence-corrected chi connectivity index (χ2v) is 6.44. The summed E-state index contributed by atoms with van der Waals surface area (Å²) in [5.41, 5.74) is 1.51. The maximum atomic E-state index is 13.9. The lowest BCUT2D eigenvalue weighted by molar-refractivity contribution is -0.137. The van der Waals surface area contributed by atoms with E-state index in [9.17, 15) is 18.8 Å². The van der Waals surface area contributed by atoms with E-state index in [1.165, 1.54) is 17.0 Å². The van der Waals surface area contributed by atoms with Crippen LogP contribution in [-0.4, -0.2) is 29.4 Å². The third-order valence-corrected chi connectivity index (χ3v) is 4.46.